The number of amides is 3. The lowest BCUT2D eigenvalue weighted by atomic mass is 10.1. The molecule has 8 rings (SSSR count). The van der Waals surface area contributed by atoms with E-state index < -0.39 is 30.9 Å². The van der Waals surface area contributed by atoms with Gasteiger partial charge in [0.2, 0.25) is 5.91 Å². The van der Waals surface area contributed by atoms with Gasteiger partial charge in [-0.1, -0.05) is 47.5 Å². The summed E-state index contributed by atoms with van der Waals surface area (Å²) >= 11 is 12.7. The van der Waals surface area contributed by atoms with Crippen molar-refractivity contribution < 1.29 is 86.3 Å². The monoisotopic (exact) mass is 1710 g/mol. The van der Waals surface area contributed by atoms with E-state index in [0.717, 1.165) is 98.7 Å². The first-order valence-corrected chi connectivity index (χ1v) is 41.3. The molecule has 120 heavy (non-hydrogen) atoms. The highest BCUT2D eigenvalue weighted by molar-refractivity contribution is 6.32. The van der Waals surface area contributed by atoms with Crippen LogP contribution in [0.3, 0.4) is 0 Å². The molecule has 2 saturated heterocycles. The third-order valence-electron chi connectivity index (χ3n) is 18.9. The fraction of sp³-hybridized carbons (Fsp3) is 0.556. The Labute approximate surface area is 709 Å². The van der Waals surface area contributed by atoms with E-state index in [1.807, 2.05) is 48.5 Å². The van der Waals surface area contributed by atoms with Crippen molar-refractivity contribution in [3.8, 4) is 22.5 Å². The quantitative estimate of drug-likeness (QED) is 0.0149. The van der Waals surface area contributed by atoms with Crippen LogP contribution in [0.5, 0.6) is 0 Å². The molecule has 2 fully saturated rings. The SMILES string of the molecule is NC(N)=Nc1nc(-c2cccc(N3CCN(CCOCCOCCOCCCC(=O)CCCOCCOCCNC(=O)CN(CCN(CC(=O)O)CC(=O)CCCOCCOCCNC(=O)NCCOCCOCCOCCN4CCN(c5cccc(-c6nc(N=C(N)N)nc7ccc(Cl)cc67)c5)CC4)CC(=O)O)CC3)c2)c2cc(Cl)ccc2n1. The fourth-order valence-electron chi connectivity index (χ4n) is 12.9. The van der Waals surface area contributed by atoms with Gasteiger partial charge in [0.05, 0.1) is 161 Å². The van der Waals surface area contributed by atoms with Crippen LogP contribution in [-0.2, 0) is 71.3 Å². The molecule has 0 radical (unpaired) electrons. The normalized spacial score (nSPS) is 13.3. The number of urea groups is 1. The first-order chi connectivity index (χ1) is 58.3. The number of ether oxygens (including phenoxy) is 10. The van der Waals surface area contributed by atoms with Crippen molar-refractivity contribution in [2.24, 2.45) is 32.9 Å². The minimum Gasteiger partial charge on any atom is -0.480 e. The summed E-state index contributed by atoms with van der Waals surface area (Å²) in [7, 11) is 0. The minimum atomic E-state index is -1.18. The van der Waals surface area contributed by atoms with E-state index in [-0.39, 0.29) is 127 Å². The topological polar surface area (TPSA) is 471 Å². The Morgan fingerprint density at radius 1 is 0.408 bits per heavy atom. The molecule has 2 aliphatic heterocycles. The van der Waals surface area contributed by atoms with E-state index in [2.05, 4.69) is 89.7 Å². The molecule has 0 bridgehead atoms. The third-order valence-corrected chi connectivity index (χ3v) is 19.4. The van der Waals surface area contributed by atoms with Crippen LogP contribution in [0.2, 0.25) is 10.0 Å². The summed E-state index contributed by atoms with van der Waals surface area (Å²) in [6.07, 6.45) is 2.48. The lowest BCUT2D eigenvalue weighted by Gasteiger charge is -2.36. The number of hydrogen-bond donors (Lipinski definition) is 9. The number of anilines is 2. The van der Waals surface area contributed by atoms with E-state index in [9.17, 15) is 39.0 Å². The number of hydrogen-bond acceptors (Lipinski definition) is 28. The van der Waals surface area contributed by atoms with Gasteiger partial charge in [0.15, 0.2) is 11.9 Å². The van der Waals surface area contributed by atoms with Gasteiger partial charge in [0.25, 0.3) is 11.9 Å². The summed E-state index contributed by atoms with van der Waals surface area (Å²) < 4.78 is 56.5. The molecule has 3 amide bonds. The van der Waals surface area contributed by atoms with Crippen molar-refractivity contribution in [1.82, 2.24) is 55.5 Å². The predicted octanol–water partition coefficient (Wildman–Crippen LogP) is 3.80. The zero-order chi connectivity index (χ0) is 85.3. The Bertz CT molecular complexity index is 3920. The number of aliphatic imine (C=N–C) groups is 2. The van der Waals surface area contributed by atoms with Crippen LogP contribution in [-0.4, -0.2) is 354 Å². The van der Waals surface area contributed by atoms with E-state index in [0.29, 0.717) is 164 Å². The number of carbonyl (C=O) groups is 6. The lowest BCUT2D eigenvalue weighted by Crippen LogP contribution is -2.47. The van der Waals surface area contributed by atoms with Crippen LogP contribution in [0.25, 0.3) is 44.3 Å². The number of Topliss-reactive ketones (excluding diaryl/α,β-unsaturated/α-hetero) is 2. The molecule has 4 heterocycles. The molecule has 0 atom stereocenters. The van der Waals surface area contributed by atoms with Crippen molar-refractivity contribution in [3.63, 3.8) is 0 Å². The number of nitrogens with two attached hydrogens (primary N) is 4. The van der Waals surface area contributed by atoms with E-state index in [1.54, 1.807) is 12.1 Å². The minimum absolute atomic E-state index is 0.00848. The first kappa shape index (κ1) is 96.2. The van der Waals surface area contributed by atoms with Gasteiger partial charge in [-0.2, -0.15) is 9.98 Å². The Morgan fingerprint density at radius 3 is 1.16 bits per heavy atom. The molecule has 2 aromatic heterocycles. The number of carboxylic acids is 2. The van der Waals surface area contributed by atoms with Gasteiger partial charge < -0.3 is 106 Å². The molecule has 0 spiro atoms. The molecular formula is C81H117Cl2N19O18. The Morgan fingerprint density at radius 2 is 0.767 bits per heavy atom. The van der Waals surface area contributed by atoms with Gasteiger partial charge >= 0.3 is 18.0 Å². The van der Waals surface area contributed by atoms with Crippen molar-refractivity contribution in [3.05, 3.63) is 95.0 Å². The standard InChI is InChI=1S/C81H117Cl2N19O18/c82-62-13-15-70-68(54-62)75(93-79(91-70)95-77(84)85)60-6-1-8-64(52-60)101-26-22-97(23-27-101)30-38-117-46-50-119-48-42-112-33-4-11-66(103)10-3-32-111-40-43-114-35-17-88-72(105)57-100(59-74(108)109)21-20-99(58-73(106)107)56-67(104)12-5-34-113-41-44-115-36-18-89-81(110)90-19-37-116-45-49-120-51-47-118-39-31-98-24-28-102(29-25-98)65-9-2-7-61(53-65)76-69-55-63(83)14-16-71(69)92-80(94-76)96-78(86)87/h1-2,6-9,13-16,52-55H,3-5,10-12,17-51,56-59H2,(H,88,105)(H,106,107)(H,108,109)(H2,89,90,110)(H4,84,85,91,93,95)(H4,86,87,92,94,96). The number of guanidine groups is 2. The fourth-order valence-corrected chi connectivity index (χ4v) is 13.3. The van der Waals surface area contributed by atoms with Gasteiger partial charge in [-0.05, 0) is 79.9 Å². The number of piperazine rings is 2. The molecule has 0 aliphatic carbocycles. The highest BCUT2D eigenvalue weighted by Gasteiger charge is 2.24. The highest BCUT2D eigenvalue weighted by atomic mass is 35.5. The van der Waals surface area contributed by atoms with Crippen molar-refractivity contribution in [2.75, 3.05) is 266 Å². The number of carbonyl (C=O) groups excluding carboxylic acids is 4. The summed E-state index contributed by atoms with van der Waals surface area (Å²) in [4.78, 5) is 112. The van der Waals surface area contributed by atoms with Gasteiger partial charge in [-0.25, -0.2) is 24.7 Å². The second kappa shape index (κ2) is 55.6. The van der Waals surface area contributed by atoms with Gasteiger partial charge in [-0.15, -0.1) is 0 Å². The molecular weight excluding hydrogens is 1600 g/mol. The van der Waals surface area contributed by atoms with Crippen LogP contribution < -0.4 is 48.7 Å². The maximum Gasteiger partial charge on any atom is 0.317 e. The summed E-state index contributed by atoms with van der Waals surface area (Å²) in [5, 5.41) is 30.0. The number of aromatic nitrogens is 4. The molecule has 6 aromatic rings. The summed E-state index contributed by atoms with van der Waals surface area (Å²) in [5.41, 5.74) is 29.3. The molecule has 0 saturated carbocycles. The molecule has 2 aliphatic rings. The molecule has 39 heteroatoms. The molecule has 37 nitrogen and oxygen atoms in total. The number of halogens is 2. The second-order valence-electron chi connectivity index (χ2n) is 28.2. The maximum atomic E-state index is 12.9. The number of ketones is 2. The lowest BCUT2D eigenvalue weighted by molar-refractivity contribution is -0.141. The van der Waals surface area contributed by atoms with Gasteiger partial charge in [-0.3, -0.25) is 43.6 Å². The Balaban J connectivity index is 0.528. The summed E-state index contributed by atoms with van der Waals surface area (Å²) in [6, 6.07) is 26.9. The zero-order valence-electron chi connectivity index (χ0n) is 68.3. The van der Waals surface area contributed by atoms with Crippen LogP contribution in [0.4, 0.5) is 28.1 Å². The number of nitrogens with zero attached hydrogens (tertiary/aromatic N) is 12. The zero-order valence-corrected chi connectivity index (χ0v) is 69.8. The maximum absolute atomic E-state index is 12.9. The Kier molecular flexibility index (Phi) is 44.6. The molecule has 658 valence electrons. The third kappa shape index (κ3) is 38.2. The van der Waals surface area contributed by atoms with Crippen LogP contribution >= 0.6 is 23.2 Å². The number of aliphatic carboxylic acids is 2. The number of nitrogens with one attached hydrogen (secondary N) is 3. The second-order valence-corrected chi connectivity index (χ2v) is 29.0. The van der Waals surface area contributed by atoms with Gasteiger partial charge in [0, 0.05) is 181 Å². The van der Waals surface area contributed by atoms with Gasteiger partial charge in [0.1, 0.15) is 11.6 Å². The van der Waals surface area contributed by atoms with Crippen LogP contribution in [0, 0.1) is 0 Å². The van der Waals surface area contributed by atoms with Crippen molar-refractivity contribution >= 4 is 116 Å². The van der Waals surface area contributed by atoms with Crippen LogP contribution in [0.15, 0.2) is 94.9 Å². The number of rotatable bonds is 62. The molecule has 4 aromatic carbocycles. The van der Waals surface area contributed by atoms with Crippen molar-refractivity contribution in [2.45, 2.75) is 38.5 Å². The van der Waals surface area contributed by atoms with Crippen LogP contribution in [0.1, 0.15) is 38.5 Å². The average molecular weight is 1720 g/mol. The number of fused-ring (bicyclic) bond motifs is 2. The van der Waals surface area contributed by atoms with E-state index in [4.69, 9.17) is 93.5 Å². The highest BCUT2D eigenvalue weighted by Crippen LogP contribution is 2.35. The number of benzene rings is 4. The average Bonchev–Trinajstić information content (AvgIpc) is 0.785. The molecule has 13 N–H and O–H groups in total. The summed E-state index contributed by atoms with van der Waals surface area (Å²) in [5.74, 6) is -2.80. The smallest absolute Gasteiger partial charge is 0.317 e. The first-order valence-electron chi connectivity index (χ1n) is 40.6. The summed E-state index contributed by atoms with van der Waals surface area (Å²) in [6.45, 7) is 15.5. The van der Waals surface area contributed by atoms with E-state index >= 15 is 0 Å². The largest absolute Gasteiger partial charge is 0.480 e. The van der Waals surface area contributed by atoms with E-state index in [1.165, 1.54) is 9.80 Å². The van der Waals surface area contributed by atoms with Crippen molar-refractivity contribution in [1.29, 1.82) is 0 Å². The predicted molar refractivity (Wildman–Crippen MR) is 457 cm³/mol. The molecule has 0 unspecified atom stereocenters. The Hall–Kier alpha value is -9.26. The number of carboxylic acid groups (broad SMARTS) is 2.